The first-order chi connectivity index (χ1) is 12.7. The normalized spacial score (nSPS) is 15.3. The predicted octanol–water partition coefficient (Wildman–Crippen LogP) is 3.38. The molecular formula is C20H19FN4O. The Bertz CT molecular complexity index is 933. The van der Waals surface area contributed by atoms with Crippen molar-refractivity contribution in [1.29, 1.82) is 0 Å². The van der Waals surface area contributed by atoms with Gasteiger partial charge >= 0.3 is 0 Å². The van der Waals surface area contributed by atoms with E-state index in [1.807, 2.05) is 24.3 Å². The Morgan fingerprint density at radius 1 is 1.08 bits per heavy atom. The Hall–Kier alpha value is -3.02. The highest BCUT2D eigenvalue weighted by Gasteiger charge is 2.39. The van der Waals surface area contributed by atoms with Gasteiger partial charge in [0.25, 0.3) is 0 Å². The number of para-hydroxylation sites is 1. The third-order valence-corrected chi connectivity index (χ3v) is 4.94. The van der Waals surface area contributed by atoms with E-state index in [0.717, 1.165) is 35.7 Å². The van der Waals surface area contributed by atoms with E-state index in [9.17, 15) is 9.18 Å². The van der Waals surface area contributed by atoms with Gasteiger partial charge in [0.1, 0.15) is 18.0 Å². The molecule has 5 nitrogen and oxygen atoms in total. The fraction of sp³-hybridized carbons (Fsp3) is 0.250. The molecule has 1 saturated carbocycles. The number of nitrogens with zero attached hydrogens (tertiary/aromatic N) is 2. The van der Waals surface area contributed by atoms with Gasteiger partial charge in [-0.1, -0.05) is 24.3 Å². The van der Waals surface area contributed by atoms with Crippen LogP contribution in [0.3, 0.4) is 0 Å². The molecule has 0 spiro atoms. The molecule has 26 heavy (non-hydrogen) atoms. The van der Waals surface area contributed by atoms with Crippen molar-refractivity contribution in [3.63, 3.8) is 0 Å². The van der Waals surface area contributed by atoms with E-state index in [1.165, 1.54) is 18.5 Å². The molecule has 3 aromatic rings. The van der Waals surface area contributed by atoms with Gasteiger partial charge in [0.2, 0.25) is 5.91 Å². The summed E-state index contributed by atoms with van der Waals surface area (Å²) in [4.78, 5) is 21.0. The second kappa shape index (κ2) is 6.71. The summed E-state index contributed by atoms with van der Waals surface area (Å²) in [5, 5.41) is 7.09. The van der Waals surface area contributed by atoms with E-state index in [0.29, 0.717) is 5.82 Å². The average Bonchev–Trinajstić information content (AvgIpc) is 2.64. The number of rotatable bonds is 5. The molecule has 2 N–H and O–H groups in total. The van der Waals surface area contributed by atoms with Crippen LogP contribution in [0.4, 0.5) is 10.2 Å². The molecular weight excluding hydrogens is 331 g/mol. The highest BCUT2D eigenvalue weighted by atomic mass is 19.1. The van der Waals surface area contributed by atoms with Crippen LogP contribution in [-0.4, -0.2) is 22.4 Å². The number of nitrogens with one attached hydrogen (secondary N) is 2. The summed E-state index contributed by atoms with van der Waals surface area (Å²) in [6.45, 7) is 0.115. The third-order valence-electron chi connectivity index (χ3n) is 4.94. The van der Waals surface area contributed by atoms with Crippen molar-refractivity contribution in [1.82, 2.24) is 15.3 Å². The van der Waals surface area contributed by atoms with Gasteiger partial charge in [-0.15, -0.1) is 0 Å². The number of benzene rings is 2. The number of anilines is 1. The van der Waals surface area contributed by atoms with E-state index in [4.69, 9.17) is 0 Å². The quantitative estimate of drug-likeness (QED) is 0.740. The van der Waals surface area contributed by atoms with Gasteiger partial charge in [-0.05, 0) is 49.1 Å². The molecule has 4 rings (SSSR count). The number of aromatic nitrogens is 2. The minimum Gasteiger partial charge on any atom is -0.360 e. The summed E-state index contributed by atoms with van der Waals surface area (Å²) in [6.07, 6.45) is 4.25. The molecule has 0 atom stereocenters. The molecule has 6 heteroatoms. The molecule has 132 valence electrons. The van der Waals surface area contributed by atoms with Crippen LogP contribution < -0.4 is 10.6 Å². The Labute approximate surface area is 150 Å². The van der Waals surface area contributed by atoms with Crippen molar-refractivity contribution >= 4 is 22.6 Å². The van der Waals surface area contributed by atoms with E-state index in [-0.39, 0.29) is 23.8 Å². The van der Waals surface area contributed by atoms with Gasteiger partial charge in [0.05, 0.1) is 17.6 Å². The summed E-state index contributed by atoms with van der Waals surface area (Å²) in [6, 6.07) is 14.0. The van der Waals surface area contributed by atoms with Crippen LogP contribution >= 0.6 is 0 Å². The Morgan fingerprint density at radius 2 is 1.85 bits per heavy atom. The smallest absolute Gasteiger partial charge is 0.240 e. The second-order valence-electron chi connectivity index (χ2n) is 6.58. The lowest BCUT2D eigenvalue weighted by Crippen LogP contribution is -2.52. The van der Waals surface area contributed by atoms with Gasteiger partial charge in [0.15, 0.2) is 0 Å². The van der Waals surface area contributed by atoms with Crippen molar-refractivity contribution in [3.8, 4) is 0 Å². The van der Waals surface area contributed by atoms with Crippen molar-refractivity contribution in [2.24, 2.45) is 0 Å². The number of carbonyl (C=O) groups is 1. The van der Waals surface area contributed by atoms with Crippen LogP contribution in [0, 0.1) is 5.82 Å². The average molecular weight is 350 g/mol. The van der Waals surface area contributed by atoms with Gasteiger partial charge in [-0.2, -0.15) is 0 Å². The van der Waals surface area contributed by atoms with E-state index in [1.54, 1.807) is 12.1 Å². The number of hydrogen-bond acceptors (Lipinski definition) is 4. The lowest BCUT2D eigenvalue weighted by atomic mass is 9.72. The van der Waals surface area contributed by atoms with Crippen molar-refractivity contribution in [2.75, 3.05) is 11.9 Å². The molecule has 1 heterocycles. The van der Waals surface area contributed by atoms with Gasteiger partial charge in [0, 0.05) is 5.39 Å². The molecule has 2 aromatic carbocycles. The third kappa shape index (κ3) is 3.10. The highest BCUT2D eigenvalue weighted by molar-refractivity contribution is 5.90. The summed E-state index contributed by atoms with van der Waals surface area (Å²) in [5.41, 5.74) is 1.39. The number of carbonyl (C=O) groups excluding carboxylic acids is 1. The summed E-state index contributed by atoms with van der Waals surface area (Å²) in [5.74, 6) is 0.249. The Balaban J connectivity index is 1.45. The van der Waals surface area contributed by atoms with Crippen molar-refractivity contribution < 1.29 is 9.18 Å². The first kappa shape index (κ1) is 16.4. The van der Waals surface area contributed by atoms with Crippen LogP contribution in [-0.2, 0) is 10.3 Å². The maximum Gasteiger partial charge on any atom is 0.240 e. The molecule has 1 fully saturated rings. The SMILES string of the molecule is O=C(CNc1ncnc2ccccc12)NC1(c2ccc(F)cc2)CCC1. The van der Waals surface area contributed by atoms with Gasteiger partial charge in [-0.3, -0.25) is 4.79 Å². The molecule has 0 saturated heterocycles. The minimum atomic E-state index is -0.389. The Kier molecular flexibility index (Phi) is 4.24. The van der Waals surface area contributed by atoms with Crippen LogP contribution in [0.15, 0.2) is 54.9 Å². The van der Waals surface area contributed by atoms with E-state index >= 15 is 0 Å². The number of fused-ring (bicyclic) bond motifs is 1. The molecule has 1 aliphatic carbocycles. The second-order valence-corrected chi connectivity index (χ2v) is 6.58. The predicted molar refractivity (Wildman–Crippen MR) is 98.1 cm³/mol. The molecule has 1 aliphatic rings. The molecule has 0 unspecified atom stereocenters. The first-order valence-corrected chi connectivity index (χ1v) is 8.67. The lowest BCUT2D eigenvalue weighted by molar-refractivity contribution is -0.122. The monoisotopic (exact) mass is 350 g/mol. The fourth-order valence-corrected chi connectivity index (χ4v) is 3.41. The maximum absolute atomic E-state index is 13.2. The summed E-state index contributed by atoms with van der Waals surface area (Å²) >= 11 is 0. The minimum absolute atomic E-state index is 0.114. The number of halogens is 1. The molecule has 1 aromatic heterocycles. The van der Waals surface area contributed by atoms with Crippen LogP contribution in [0.25, 0.3) is 10.9 Å². The summed E-state index contributed by atoms with van der Waals surface area (Å²) in [7, 11) is 0. The van der Waals surface area contributed by atoms with Crippen molar-refractivity contribution in [2.45, 2.75) is 24.8 Å². The number of hydrogen-bond donors (Lipinski definition) is 2. The van der Waals surface area contributed by atoms with Crippen LogP contribution in [0.5, 0.6) is 0 Å². The Morgan fingerprint density at radius 3 is 2.58 bits per heavy atom. The molecule has 1 amide bonds. The fourth-order valence-electron chi connectivity index (χ4n) is 3.41. The molecule has 0 radical (unpaired) electrons. The largest absolute Gasteiger partial charge is 0.360 e. The lowest BCUT2D eigenvalue weighted by Gasteiger charge is -2.43. The van der Waals surface area contributed by atoms with Crippen LogP contribution in [0.2, 0.25) is 0 Å². The zero-order valence-corrected chi connectivity index (χ0v) is 14.2. The molecule has 0 bridgehead atoms. The van der Waals surface area contributed by atoms with Crippen LogP contribution in [0.1, 0.15) is 24.8 Å². The van der Waals surface area contributed by atoms with E-state index in [2.05, 4.69) is 20.6 Å². The standard InChI is InChI=1S/C20H19FN4O/c21-15-8-6-14(7-9-15)20(10-3-11-20)25-18(26)12-22-19-16-4-1-2-5-17(16)23-13-24-19/h1-2,4-9,13H,3,10-12H2,(H,25,26)(H,22,23,24). The topological polar surface area (TPSA) is 66.9 Å². The van der Waals surface area contributed by atoms with Crippen molar-refractivity contribution in [3.05, 3.63) is 66.2 Å². The van der Waals surface area contributed by atoms with E-state index < -0.39 is 0 Å². The zero-order chi connectivity index (χ0) is 18.0. The zero-order valence-electron chi connectivity index (χ0n) is 14.2. The number of amides is 1. The molecule has 0 aliphatic heterocycles. The van der Waals surface area contributed by atoms with Gasteiger partial charge < -0.3 is 10.6 Å². The van der Waals surface area contributed by atoms with Gasteiger partial charge in [-0.25, -0.2) is 14.4 Å². The maximum atomic E-state index is 13.2. The first-order valence-electron chi connectivity index (χ1n) is 8.67. The highest BCUT2D eigenvalue weighted by Crippen LogP contribution is 2.41. The summed E-state index contributed by atoms with van der Waals surface area (Å²) < 4.78 is 13.2.